The molecule has 0 aromatic heterocycles. The number of hydrogen-bond donors (Lipinski definition) is 3. The molecule has 3 atom stereocenters. The predicted molar refractivity (Wildman–Crippen MR) is 147 cm³/mol. The third-order valence-electron chi connectivity index (χ3n) is 7.59. The number of halogens is 3. The zero-order chi connectivity index (χ0) is 27.2. The fourth-order valence-corrected chi connectivity index (χ4v) is 6.10. The summed E-state index contributed by atoms with van der Waals surface area (Å²) in [5.41, 5.74) is 3.81. The van der Waals surface area contributed by atoms with Crippen LogP contribution in [0.4, 0.5) is 10.1 Å². The summed E-state index contributed by atoms with van der Waals surface area (Å²) in [4.78, 5) is 17.1. The number of amides is 1. The number of carbonyl (C=O) groups is 1. The fraction of sp³-hybridized carbons (Fsp3) is 0.310. The molecule has 5 rings (SSSR count). The van der Waals surface area contributed by atoms with Gasteiger partial charge >= 0.3 is 0 Å². The Morgan fingerprint density at radius 1 is 1.13 bits per heavy atom. The summed E-state index contributed by atoms with van der Waals surface area (Å²) in [7, 11) is 0. The van der Waals surface area contributed by atoms with E-state index in [1.165, 1.54) is 6.07 Å². The minimum Gasteiger partial charge on any atom is -0.478 e. The first-order chi connectivity index (χ1) is 18.1. The van der Waals surface area contributed by atoms with Crippen LogP contribution < -0.4 is 15.5 Å². The number of rotatable bonds is 5. The molecule has 3 N–H and O–H groups in total. The van der Waals surface area contributed by atoms with Gasteiger partial charge in [0.05, 0.1) is 11.1 Å². The summed E-state index contributed by atoms with van der Waals surface area (Å²) < 4.78 is 20.8. The third kappa shape index (κ3) is 4.47. The fourth-order valence-electron chi connectivity index (χ4n) is 5.76. The van der Waals surface area contributed by atoms with E-state index in [2.05, 4.69) is 5.32 Å². The maximum atomic E-state index is 14.6. The van der Waals surface area contributed by atoms with Crippen LogP contribution in [0.15, 0.2) is 59.6 Å². The number of aryl methyl sites for hydroxylation is 1. The lowest BCUT2D eigenvalue weighted by atomic mass is 9.59. The summed E-state index contributed by atoms with van der Waals surface area (Å²) in [6.07, 6.45) is 2.61. The first kappa shape index (κ1) is 26.6. The van der Waals surface area contributed by atoms with Crippen LogP contribution in [0.1, 0.15) is 54.5 Å². The Hall–Kier alpha value is -2.97. The predicted octanol–water partition coefficient (Wildman–Crippen LogP) is 6.58. The van der Waals surface area contributed by atoms with E-state index < -0.39 is 16.9 Å². The summed E-state index contributed by atoms with van der Waals surface area (Å²) in [5.74, 6) is -0.766. The maximum absolute atomic E-state index is 14.6. The molecule has 198 valence electrons. The Bertz CT molecular complexity index is 1440. The van der Waals surface area contributed by atoms with Crippen molar-refractivity contribution in [2.45, 2.75) is 50.2 Å². The van der Waals surface area contributed by atoms with Crippen LogP contribution in [0.3, 0.4) is 0 Å². The highest BCUT2D eigenvalue weighted by Gasteiger charge is 2.53. The molecule has 1 saturated heterocycles. The first-order valence-corrected chi connectivity index (χ1v) is 13.1. The monoisotopic (exact) mass is 555 g/mol. The van der Waals surface area contributed by atoms with Crippen LogP contribution in [-0.2, 0) is 10.2 Å². The average molecular weight is 556 g/mol. The van der Waals surface area contributed by atoms with Crippen LogP contribution in [0, 0.1) is 12.7 Å². The number of nitrogens with zero attached hydrogens (tertiary/aromatic N) is 1. The van der Waals surface area contributed by atoms with Gasteiger partial charge in [0.15, 0.2) is 5.60 Å². The largest absolute Gasteiger partial charge is 0.478 e. The molecule has 1 amide bonds. The van der Waals surface area contributed by atoms with Gasteiger partial charge in [-0.25, -0.2) is 9.87 Å². The van der Waals surface area contributed by atoms with Gasteiger partial charge < -0.3 is 10.1 Å². The SMILES string of the molecule is Cc1ccc(F)cc1[C@@H]1NCC[C@@H](c2cc(Cl)ccc2OC(C)(C)C(=O)NO)[C@@]12C=Nc1cc(Cl)ccc12. The average Bonchev–Trinajstić information content (AvgIpc) is 3.24. The number of carbonyl (C=O) groups excluding carboxylic acids is 1. The van der Waals surface area contributed by atoms with Crippen molar-refractivity contribution in [2.75, 3.05) is 6.54 Å². The lowest BCUT2D eigenvalue weighted by Crippen LogP contribution is -2.52. The Balaban J connectivity index is 1.74. The number of ether oxygens (including phenoxy) is 1. The zero-order valence-electron chi connectivity index (χ0n) is 21.2. The Morgan fingerprint density at radius 2 is 1.87 bits per heavy atom. The highest BCUT2D eigenvalue weighted by molar-refractivity contribution is 6.31. The van der Waals surface area contributed by atoms with Gasteiger partial charge in [-0.1, -0.05) is 35.3 Å². The number of piperidine rings is 1. The molecule has 0 saturated carbocycles. The first-order valence-electron chi connectivity index (χ1n) is 12.3. The van der Waals surface area contributed by atoms with Gasteiger partial charge in [-0.3, -0.25) is 15.0 Å². The quantitative estimate of drug-likeness (QED) is 0.245. The van der Waals surface area contributed by atoms with Crippen molar-refractivity contribution >= 4 is 41.0 Å². The van der Waals surface area contributed by atoms with E-state index in [1.807, 2.05) is 37.4 Å². The number of hydrogen-bond acceptors (Lipinski definition) is 5. The normalized spacial score (nSPS) is 22.4. The zero-order valence-corrected chi connectivity index (χ0v) is 22.7. The van der Waals surface area contributed by atoms with Gasteiger partial charge in [-0.05, 0) is 92.9 Å². The minimum absolute atomic E-state index is 0.218. The number of hydroxylamine groups is 1. The van der Waals surface area contributed by atoms with E-state index >= 15 is 0 Å². The van der Waals surface area contributed by atoms with Crippen molar-refractivity contribution in [3.63, 3.8) is 0 Å². The number of aliphatic imine (C=N–C) groups is 1. The van der Waals surface area contributed by atoms with Gasteiger partial charge in [0, 0.05) is 33.8 Å². The highest BCUT2D eigenvalue weighted by atomic mass is 35.5. The van der Waals surface area contributed by atoms with E-state index in [-0.39, 0.29) is 17.8 Å². The van der Waals surface area contributed by atoms with E-state index in [0.29, 0.717) is 28.8 Å². The van der Waals surface area contributed by atoms with Crippen molar-refractivity contribution in [2.24, 2.45) is 4.99 Å². The minimum atomic E-state index is -1.37. The molecule has 1 spiro atoms. The standard InChI is InChI=1S/C29H28Cl2FN3O3/c1-16-4-7-19(32)14-20(16)26-29(15-34-24-13-18(31)5-8-23(24)29)22(10-11-33-26)21-12-17(30)6-9-25(21)38-28(2,3)27(36)35-37/h4-9,12-15,22,26,33,37H,10-11H2,1-3H3,(H,35,36)/t22-,26-,29+/m0/s1. The van der Waals surface area contributed by atoms with Gasteiger partial charge in [0.2, 0.25) is 0 Å². The van der Waals surface area contributed by atoms with E-state index in [4.69, 9.17) is 32.9 Å². The smallest absolute Gasteiger partial charge is 0.286 e. The van der Waals surface area contributed by atoms with Crippen molar-refractivity contribution < 1.29 is 19.1 Å². The van der Waals surface area contributed by atoms with Crippen molar-refractivity contribution in [3.8, 4) is 5.75 Å². The van der Waals surface area contributed by atoms with Gasteiger partial charge in [-0.15, -0.1) is 0 Å². The maximum Gasteiger partial charge on any atom is 0.286 e. The Kier molecular flexibility index (Phi) is 6.99. The second-order valence-electron chi connectivity index (χ2n) is 10.3. The molecule has 9 heteroatoms. The van der Waals surface area contributed by atoms with E-state index in [1.54, 1.807) is 43.6 Å². The van der Waals surface area contributed by atoms with Gasteiger partial charge in [0.1, 0.15) is 11.6 Å². The van der Waals surface area contributed by atoms with Crippen LogP contribution in [0.2, 0.25) is 10.0 Å². The Labute approximate surface area is 230 Å². The summed E-state index contributed by atoms with van der Waals surface area (Å²) >= 11 is 12.9. The van der Waals surface area contributed by atoms with Gasteiger partial charge in [0.25, 0.3) is 5.91 Å². The molecule has 3 aromatic rings. The molecule has 1 fully saturated rings. The molecule has 6 nitrogen and oxygen atoms in total. The lowest BCUT2D eigenvalue weighted by Gasteiger charge is -2.48. The molecule has 0 bridgehead atoms. The topological polar surface area (TPSA) is 83.0 Å². The summed E-state index contributed by atoms with van der Waals surface area (Å²) in [6, 6.07) is 15.4. The van der Waals surface area contributed by atoms with Crippen LogP contribution in [0.5, 0.6) is 5.75 Å². The van der Waals surface area contributed by atoms with E-state index in [0.717, 1.165) is 27.9 Å². The lowest BCUT2D eigenvalue weighted by molar-refractivity contribution is -0.143. The molecule has 0 radical (unpaired) electrons. The molecular formula is C29H28Cl2FN3O3. The van der Waals surface area contributed by atoms with Crippen LogP contribution in [-0.4, -0.2) is 29.5 Å². The third-order valence-corrected chi connectivity index (χ3v) is 8.06. The second kappa shape index (κ2) is 9.97. The second-order valence-corrected chi connectivity index (χ2v) is 11.2. The van der Waals surface area contributed by atoms with Crippen LogP contribution >= 0.6 is 23.2 Å². The van der Waals surface area contributed by atoms with Gasteiger partial charge in [-0.2, -0.15) is 0 Å². The molecule has 0 unspecified atom stereocenters. The van der Waals surface area contributed by atoms with Crippen molar-refractivity contribution in [1.29, 1.82) is 0 Å². The molecule has 2 aliphatic heterocycles. The number of benzene rings is 3. The number of fused-ring (bicyclic) bond motifs is 2. The Morgan fingerprint density at radius 3 is 2.63 bits per heavy atom. The highest BCUT2D eigenvalue weighted by Crippen LogP contribution is 2.57. The van der Waals surface area contributed by atoms with Crippen molar-refractivity contribution in [1.82, 2.24) is 10.8 Å². The summed E-state index contributed by atoms with van der Waals surface area (Å²) in [5, 5.41) is 14.0. The molecule has 38 heavy (non-hydrogen) atoms. The molecule has 0 aliphatic carbocycles. The van der Waals surface area contributed by atoms with Crippen molar-refractivity contribution in [3.05, 3.63) is 92.7 Å². The number of nitrogens with one attached hydrogen (secondary N) is 2. The molecular weight excluding hydrogens is 528 g/mol. The molecule has 2 heterocycles. The summed E-state index contributed by atoms with van der Waals surface area (Å²) in [6.45, 7) is 5.74. The molecule has 3 aromatic carbocycles. The van der Waals surface area contributed by atoms with Crippen LogP contribution in [0.25, 0.3) is 0 Å². The van der Waals surface area contributed by atoms with E-state index in [9.17, 15) is 14.4 Å². The molecule has 2 aliphatic rings.